The molecule has 5 rings (SSSR count). The van der Waals surface area contributed by atoms with Crippen LogP contribution in [0, 0.1) is 13.8 Å². The largest absolute Gasteiger partial charge is 0.496 e. The fourth-order valence-corrected chi connectivity index (χ4v) is 3.76. The van der Waals surface area contributed by atoms with Gasteiger partial charge in [0, 0.05) is 41.3 Å². The molecule has 7 nitrogen and oxygen atoms in total. The summed E-state index contributed by atoms with van der Waals surface area (Å²) >= 11 is 0. The smallest absolute Gasteiger partial charge is 0.141 e. The molecule has 148 valence electrons. The van der Waals surface area contributed by atoms with Gasteiger partial charge in [-0.2, -0.15) is 0 Å². The number of benzene rings is 1. The van der Waals surface area contributed by atoms with E-state index in [1.165, 1.54) is 0 Å². The van der Waals surface area contributed by atoms with E-state index in [4.69, 9.17) is 14.2 Å². The Labute approximate surface area is 172 Å². The second-order valence-corrected chi connectivity index (χ2v) is 7.15. The highest BCUT2D eigenvalue weighted by atomic mass is 16.5. The molecule has 0 saturated heterocycles. The summed E-state index contributed by atoms with van der Waals surface area (Å²) in [5, 5.41) is 5.93. The Morgan fingerprint density at radius 1 is 1.00 bits per heavy atom. The first-order valence-corrected chi connectivity index (χ1v) is 9.58. The zero-order chi connectivity index (χ0) is 20.7. The highest BCUT2D eigenvalue weighted by Gasteiger charge is 2.18. The Bertz CT molecular complexity index is 1360. The van der Waals surface area contributed by atoms with Gasteiger partial charge in [-0.05, 0) is 37.6 Å². The Balaban J connectivity index is 1.64. The summed E-state index contributed by atoms with van der Waals surface area (Å²) in [6.45, 7) is 3.81. The number of methoxy groups -OCH3 is 1. The number of aromatic nitrogens is 5. The molecule has 0 aliphatic carbocycles. The van der Waals surface area contributed by atoms with Crippen molar-refractivity contribution in [2.75, 3.05) is 7.11 Å². The second kappa shape index (κ2) is 7.18. The van der Waals surface area contributed by atoms with Gasteiger partial charge >= 0.3 is 0 Å². The number of aryl methyl sites for hydroxylation is 2. The SMILES string of the molecule is COc1cc2c(cc1-c1c(C)noc1C)ncc1nc(Cc3cccnc3)ncc12. The van der Waals surface area contributed by atoms with Gasteiger partial charge in [0.15, 0.2) is 0 Å². The van der Waals surface area contributed by atoms with Crippen LogP contribution in [0.5, 0.6) is 5.75 Å². The second-order valence-electron chi connectivity index (χ2n) is 7.15. The Hall–Kier alpha value is -3.87. The molecule has 1 aromatic carbocycles. The Kier molecular flexibility index (Phi) is 4.35. The first kappa shape index (κ1) is 18.2. The molecular formula is C23H19N5O2. The quantitative estimate of drug-likeness (QED) is 0.414. The molecule has 0 bridgehead atoms. The summed E-state index contributed by atoms with van der Waals surface area (Å²) < 4.78 is 11.0. The van der Waals surface area contributed by atoms with Gasteiger partial charge in [0.05, 0.1) is 35.6 Å². The van der Waals surface area contributed by atoms with Gasteiger partial charge in [-0.15, -0.1) is 0 Å². The average Bonchev–Trinajstić information content (AvgIpc) is 3.11. The molecule has 4 aromatic heterocycles. The lowest BCUT2D eigenvalue weighted by molar-refractivity contribution is 0.393. The van der Waals surface area contributed by atoms with E-state index in [0.29, 0.717) is 6.42 Å². The number of ether oxygens (including phenoxy) is 1. The maximum atomic E-state index is 5.69. The average molecular weight is 397 g/mol. The molecule has 30 heavy (non-hydrogen) atoms. The molecule has 0 radical (unpaired) electrons. The van der Waals surface area contributed by atoms with Crippen molar-refractivity contribution in [1.29, 1.82) is 0 Å². The van der Waals surface area contributed by atoms with Gasteiger partial charge in [0.2, 0.25) is 0 Å². The predicted octanol–water partition coefficient (Wildman–Crippen LogP) is 4.44. The van der Waals surface area contributed by atoms with Crippen molar-refractivity contribution in [2.45, 2.75) is 20.3 Å². The van der Waals surface area contributed by atoms with E-state index < -0.39 is 0 Å². The molecule has 0 aliphatic heterocycles. The van der Waals surface area contributed by atoms with Crippen molar-refractivity contribution < 1.29 is 9.26 Å². The van der Waals surface area contributed by atoms with E-state index in [1.54, 1.807) is 19.5 Å². The van der Waals surface area contributed by atoms with Gasteiger partial charge in [0.1, 0.15) is 17.3 Å². The van der Waals surface area contributed by atoms with Crippen molar-refractivity contribution >= 4 is 21.8 Å². The summed E-state index contributed by atoms with van der Waals surface area (Å²) in [6, 6.07) is 7.91. The van der Waals surface area contributed by atoms with E-state index in [9.17, 15) is 0 Å². The fourth-order valence-electron chi connectivity index (χ4n) is 3.76. The van der Waals surface area contributed by atoms with Gasteiger partial charge in [-0.25, -0.2) is 9.97 Å². The molecule has 0 atom stereocenters. The van der Waals surface area contributed by atoms with Crippen LogP contribution in [0.3, 0.4) is 0 Å². The van der Waals surface area contributed by atoms with Crippen LogP contribution in [0.25, 0.3) is 32.9 Å². The standard InChI is InChI=1S/C23H19N5O2/c1-13-23(14(2)30-28-13)17-8-19-16(9-21(17)29-3)18-11-26-22(27-20(18)12-25-19)7-15-5-4-6-24-10-15/h4-6,8-12H,7H2,1-3H3. The highest BCUT2D eigenvalue weighted by molar-refractivity contribution is 6.06. The molecule has 5 aromatic rings. The number of hydrogen-bond donors (Lipinski definition) is 0. The molecule has 0 N–H and O–H groups in total. The van der Waals surface area contributed by atoms with Gasteiger partial charge in [-0.1, -0.05) is 11.2 Å². The van der Waals surface area contributed by atoms with Crippen LogP contribution in [0.4, 0.5) is 0 Å². The monoisotopic (exact) mass is 397 g/mol. The lowest BCUT2D eigenvalue weighted by Crippen LogP contribution is -1.98. The lowest BCUT2D eigenvalue weighted by atomic mass is 10.00. The lowest BCUT2D eigenvalue weighted by Gasteiger charge is -2.11. The van der Waals surface area contributed by atoms with E-state index in [2.05, 4.69) is 20.1 Å². The number of pyridine rings is 2. The number of rotatable bonds is 4. The summed E-state index contributed by atoms with van der Waals surface area (Å²) in [4.78, 5) is 18.1. The van der Waals surface area contributed by atoms with Gasteiger partial charge < -0.3 is 9.26 Å². The summed E-state index contributed by atoms with van der Waals surface area (Å²) in [6.07, 6.45) is 7.84. The number of hydrogen-bond acceptors (Lipinski definition) is 7. The number of nitrogens with zero attached hydrogens (tertiary/aromatic N) is 5. The third-order valence-corrected chi connectivity index (χ3v) is 5.19. The molecule has 7 heteroatoms. The zero-order valence-corrected chi connectivity index (χ0v) is 16.9. The van der Waals surface area contributed by atoms with Crippen LogP contribution in [0.1, 0.15) is 22.8 Å². The highest BCUT2D eigenvalue weighted by Crippen LogP contribution is 2.38. The first-order valence-electron chi connectivity index (χ1n) is 9.58. The molecule has 0 aliphatic rings. The molecular weight excluding hydrogens is 378 g/mol. The third kappa shape index (κ3) is 3.04. The Morgan fingerprint density at radius 3 is 2.63 bits per heavy atom. The minimum absolute atomic E-state index is 0.621. The van der Waals surface area contributed by atoms with Crippen molar-refractivity contribution in [3.8, 4) is 16.9 Å². The van der Waals surface area contributed by atoms with E-state index in [0.717, 1.165) is 61.5 Å². The van der Waals surface area contributed by atoms with Crippen LogP contribution in [0.15, 0.2) is 53.6 Å². The van der Waals surface area contributed by atoms with Crippen LogP contribution in [0.2, 0.25) is 0 Å². The van der Waals surface area contributed by atoms with E-state index in [1.807, 2.05) is 50.5 Å². The van der Waals surface area contributed by atoms with Crippen molar-refractivity contribution in [1.82, 2.24) is 25.1 Å². The topological polar surface area (TPSA) is 86.8 Å². The number of fused-ring (bicyclic) bond motifs is 3. The summed E-state index contributed by atoms with van der Waals surface area (Å²) in [5.41, 5.74) is 5.34. The van der Waals surface area contributed by atoms with Crippen LogP contribution in [-0.4, -0.2) is 32.2 Å². The summed E-state index contributed by atoms with van der Waals surface area (Å²) in [7, 11) is 1.66. The minimum Gasteiger partial charge on any atom is -0.496 e. The summed E-state index contributed by atoms with van der Waals surface area (Å²) in [5.74, 6) is 2.20. The molecule has 0 spiro atoms. The van der Waals surface area contributed by atoms with E-state index in [-0.39, 0.29) is 0 Å². The molecule has 0 unspecified atom stereocenters. The third-order valence-electron chi connectivity index (χ3n) is 5.19. The normalized spacial score (nSPS) is 11.3. The fraction of sp³-hybridized carbons (Fsp3) is 0.174. The van der Waals surface area contributed by atoms with Crippen molar-refractivity contribution in [3.05, 3.63) is 71.9 Å². The zero-order valence-electron chi connectivity index (χ0n) is 16.9. The predicted molar refractivity (Wildman–Crippen MR) is 113 cm³/mol. The van der Waals surface area contributed by atoms with Gasteiger partial charge in [-0.3, -0.25) is 9.97 Å². The minimum atomic E-state index is 0.621. The van der Waals surface area contributed by atoms with Crippen LogP contribution >= 0.6 is 0 Å². The molecule has 0 saturated carbocycles. The maximum Gasteiger partial charge on any atom is 0.141 e. The van der Waals surface area contributed by atoms with Crippen molar-refractivity contribution in [3.63, 3.8) is 0 Å². The molecule has 0 fully saturated rings. The molecule has 4 heterocycles. The molecule has 0 amide bonds. The maximum absolute atomic E-state index is 5.69. The van der Waals surface area contributed by atoms with Crippen LogP contribution < -0.4 is 4.74 Å². The van der Waals surface area contributed by atoms with Gasteiger partial charge in [0.25, 0.3) is 0 Å². The Morgan fingerprint density at radius 2 is 1.90 bits per heavy atom. The van der Waals surface area contributed by atoms with Crippen LogP contribution in [-0.2, 0) is 6.42 Å². The van der Waals surface area contributed by atoms with E-state index >= 15 is 0 Å². The first-order chi connectivity index (χ1) is 14.6. The van der Waals surface area contributed by atoms with Crippen molar-refractivity contribution in [2.24, 2.45) is 0 Å².